The average molecular weight is 371 g/mol. The lowest BCUT2D eigenvalue weighted by atomic mass is 10.0. The Balaban J connectivity index is 1.63. The Morgan fingerprint density at radius 1 is 1.04 bits per heavy atom. The van der Waals surface area contributed by atoms with E-state index in [2.05, 4.69) is 10.6 Å². The van der Waals surface area contributed by atoms with Crippen LogP contribution in [0, 0.1) is 0 Å². The van der Waals surface area contributed by atoms with Gasteiger partial charge in [0.1, 0.15) is 0 Å². The molecule has 3 aromatic carbocycles. The fourth-order valence-corrected chi connectivity index (χ4v) is 3.59. The van der Waals surface area contributed by atoms with Crippen molar-refractivity contribution in [2.24, 2.45) is 0 Å². The second-order valence-electron chi connectivity index (χ2n) is 5.80. The minimum Gasteiger partial charge on any atom is -0.348 e. The predicted molar refractivity (Wildman–Crippen MR) is 99.5 cm³/mol. The van der Waals surface area contributed by atoms with Gasteiger partial charge in [-0.25, -0.2) is 0 Å². The molecule has 25 heavy (non-hydrogen) atoms. The van der Waals surface area contributed by atoms with Crippen molar-refractivity contribution < 1.29 is 9.59 Å². The van der Waals surface area contributed by atoms with Crippen LogP contribution in [0.15, 0.2) is 48.5 Å². The summed E-state index contributed by atoms with van der Waals surface area (Å²) in [6.45, 7) is 0.331. The summed E-state index contributed by atoms with van der Waals surface area (Å²) in [5.74, 6) is -0.364. The molecule has 0 spiro atoms. The summed E-state index contributed by atoms with van der Waals surface area (Å²) in [6, 6.07) is 14.1. The van der Waals surface area contributed by atoms with Gasteiger partial charge in [0.15, 0.2) is 0 Å². The SMILES string of the molecule is O=C(NCc1ccc2c3c(cccc13)C(=O)N2)c1cc(Cl)cc(Cl)c1. The third-order valence-electron chi connectivity index (χ3n) is 4.19. The highest BCUT2D eigenvalue weighted by Crippen LogP contribution is 2.34. The zero-order chi connectivity index (χ0) is 17.6. The molecule has 1 aliphatic heterocycles. The van der Waals surface area contributed by atoms with Crippen LogP contribution in [-0.2, 0) is 6.54 Å². The van der Waals surface area contributed by atoms with E-state index in [0.717, 1.165) is 22.0 Å². The Hall–Kier alpha value is -2.56. The number of hydrogen-bond acceptors (Lipinski definition) is 2. The fourth-order valence-electron chi connectivity index (χ4n) is 3.07. The Morgan fingerprint density at radius 3 is 2.56 bits per heavy atom. The first kappa shape index (κ1) is 15.9. The van der Waals surface area contributed by atoms with Crippen LogP contribution in [0.3, 0.4) is 0 Å². The van der Waals surface area contributed by atoms with Gasteiger partial charge in [0.25, 0.3) is 11.8 Å². The van der Waals surface area contributed by atoms with E-state index in [0.29, 0.717) is 27.7 Å². The van der Waals surface area contributed by atoms with Crippen molar-refractivity contribution in [2.75, 3.05) is 5.32 Å². The summed E-state index contributed by atoms with van der Waals surface area (Å²) in [6.07, 6.45) is 0. The van der Waals surface area contributed by atoms with Gasteiger partial charge in [-0.15, -0.1) is 0 Å². The first-order valence-electron chi connectivity index (χ1n) is 7.63. The smallest absolute Gasteiger partial charge is 0.256 e. The third-order valence-corrected chi connectivity index (χ3v) is 4.62. The van der Waals surface area contributed by atoms with Crippen LogP contribution in [0.2, 0.25) is 10.0 Å². The zero-order valence-electron chi connectivity index (χ0n) is 12.9. The molecular weight excluding hydrogens is 359 g/mol. The molecule has 0 bridgehead atoms. The number of rotatable bonds is 3. The van der Waals surface area contributed by atoms with E-state index in [1.54, 1.807) is 24.3 Å². The molecule has 2 N–H and O–H groups in total. The first-order chi connectivity index (χ1) is 12.0. The van der Waals surface area contributed by atoms with Crippen molar-refractivity contribution in [3.63, 3.8) is 0 Å². The summed E-state index contributed by atoms with van der Waals surface area (Å²) in [5.41, 5.74) is 2.79. The molecule has 0 unspecified atom stereocenters. The molecule has 0 fully saturated rings. The van der Waals surface area contributed by atoms with E-state index >= 15 is 0 Å². The summed E-state index contributed by atoms with van der Waals surface area (Å²) in [5, 5.41) is 8.37. The van der Waals surface area contributed by atoms with Gasteiger partial charge in [-0.2, -0.15) is 0 Å². The lowest BCUT2D eigenvalue weighted by Crippen LogP contribution is -2.22. The molecule has 3 aromatic rings. The fraction of sp³-hybridized carbons (Fsp3) is 0.0526. The molecule has 1 aliphatic rings. The van der Waals surface area contributed by atoms with Crippen molar-refractivity contribution in [3.05, 3.63) is 75.3 Å². The molecule has 6 heteroatoms. The summed E-state index contributed by atoms with van der Waals surface area (Å²) in [4.78, 5) is 24.3. The Labute approximate surface area is 153 Å². The average Bonchev–Trinajstić information content (AvgIpc) is 2.91. The van der Waals surface area contributed by atoms with Gasteiger partial charge >= 0.3 is 0 Å². The molecule has 0 atom stereocenters. The minimum atomic E-state index is -0.262. The van der Waals surface area contributed by atoms with Crippen molar-refractivity contribution in [3.8, 4) is 0 Å². The normalized spacial score (nSPS) is 12.3. The Kier molecular flexibility index (Phi) is 3.86. The van der Waals surface area contributed by atoms with E-state index in [1.165, 1.54) is 0 Å². The standard InChI is InChI=1S/C19H12Cl2N2O2/c20-12-6-11(7-13(21)8-12)18(24)22-9-10-4-5-16-17-14(10)2-1-3-15(17)19(25)23-16/h1-8H,9H2,(H,22,24)(H,23,25). The van der Waals surface area contributed by atoms with E-state index < -0.39 is 0 Å². The highest BCUT2D eigenvalue weighted by atomic mass is 35.5. The molecule has 0 aromatic heterocycles. The second kappa shape index (κ2) is 6.06. The molecule has 4 nitrogen and oxygen atoms in total. The van der Waals surface area contributed by atoms with Crippen LogP contribution < -0.4 is 10.6 Å². The maximum atomic E-state index is 12.4. The molecule has 1 heterocycles. The first-order valence-corrected chi connectivity index (χ1v) is 8.39. The highest BCUT2D eigenvalue weighted by Gasteiger charge is 2.22. The van der Waals surface area contributed by atoms with Crippen LogP contribution >= 0.6 is 23.2 Å². The van der Waals surface area contributed by atoms with Crippen molar-refractivity contribution in [1.29, 1.82) is 0 Å². The van der Waals surface area contributed by atoms with Gasteiger partial charge < -0.3 is 10.6 Å². The molecule has 4 rings (SSSR count). The number of benzene rings is 3. The Morgan fingerprint density at radius 2 is 1.80 bits per heavy atom. The maximum absolute atomic E-state index is 12.4. The number of carbonyl (C=O) groups excluding carboxylic acids is 2. The quantitative estimate of drug-likeness (QED) is 0.705. The third kappa shape index (κ3) is 2.84. The van der Waals surface area contributed by atoms with Crippen LogP contribution in [0.25, 0.3) is 10.8 Å². The molecule has 0 aliphatic carbocycles. The maximum Gasteiger partial charge on any atom is 0.256 e. The van der Waals surface area contributed by atoms with Gasteiger partial charge in [-0.3, -0.25) is 9.59 Å². The van der Waals surface area contributed by atoms with Crippen molar-refractivity contribution in [1.82, 2.24) is 5.32 Å². The number of amides is 2. The Bertz CT molecular complexity index is 1030. The summed E-state index contributed by atoms with van der Waals surface area (Å²) in [7, 11) is 0. The minimum absolute atomic E-state index is 0.102. The number of hydrogen-bond donors (Lipinski definition) is 2. The van der Waals surface area contributed by atoms with E-state index in [9.17, 15) is 9.59 Å². The van der Waals surface area contributed by atoms with E-state index in [4.69, 9.17) is 23.2 Å². The number of nitrogens with one attached hydrogen (secondary N) is 2. The van der Waals surface area contributed by atoms with Crippen LogP contribution in [0.4, 0.5) is 5.69 Å². The van der Waals surface area contributed by atoms with Gasteiger partial charge in [-0.1, -0.05) is 41.4 Å². The summed E-state index contributed by atoms with van der Waals surface area (Å²) < 4.78 is 0. The van der Waals surface area contributed by atoms with Gasteiger partial charge in [0.05, 0.1) is 0 Å². The molecular formula is C19H12Cl2N2O2. The van der Waals surface area contributed by atoms with Gasteiger partial charge in [0, 0.05) is 38.8 Å². The predicted octanol–water partition coefficient (Wildman–Crippen LogP) is 4.64. The number of carbonyl (C=O) groups is 2. The van der Waals surface area contributed by atoms with Crippen LogP contribution in [0.1, 0.15) is 26.3 Å². The lowest BCUT2D eigenvalue weighted by Gasteiger charge is -2.10. The molecule has 2 amide bonds. The van der Waals surface area contributed by atoms with Gasteiger partial charge in [0.2, 0.25) is 0 Å². The van der Waals surface area contributed by atoms with E-state index in [1.807, 2.05) is 24.3 Å². The zero-order valence-corrected chi connectivity index (χ0v) is 14.4. The highest BCUT2D eigenvalue weighted by molar-refractivity contribution is 6.35. The van der Waals surface area contributed by atoms with Crippen molar-refractivity contribution >= 4 is 51.5 Å². The monoisotopic (exact) mass is 370 g/mol. The number of halogens is 2. The molecule has 0 radical (unpaired) electrons. The largest absolute Gasteiger partial charge is 0.348 e. The second-order valence-corrected chi connectivity index (χ2v) is 6.67. The molecule has 124 valence electrons. The van der Waals surface area contributed by atoms with Gasteiger partial charge in [-0.05, 0) is 41.3 Å². The lowest BCUT2D eigenvalue weighted by molar-refractivity contribution is 0.0950. The number of anilines is 1. The summed E-state index contributed by atoms with van der Waals surface area (Å²) >= 11 is 11.9. The van der Waals surface area contributed by atoms with Crippen molar-refractivity contribution in [2.45, 2.75) is 6.54 Å². The van der Waals surface area contributed by atoms with Crippen LogP contribution in [-0.4, -0.2) is 11.8 Å². The molecule has 0 saturated carbocycles. The van der Waals surface area contributed by atoms with E-state index in [-0.39, 0.29) is 11.8 Å². The molecule has 0 saturated heterocycles. The van der Waals surface area contributed by atoms with Crippen LogP contribution in [0.5, 0.6) is 0 Å². The topological polar surface area (TPSA) is 58.2 Å².